The zero-order valence-corrected chi connectivity index (χ0v) is 11.6. The molecule has 0 saturated heterocycles. The molecule has 1 atom stereocenters. The molecule has 1 rings (SSSR count). The minimum absolute atomic E-state index is 0. The van der Waals surface area contributed by atoms with Gasteiger partial charge < -0.3 is 11.1 Å². The molecule has 0 aliphatic rings. The molecule has 1 aromatic carbocycles. The highest BCUT2D eigenvalue weighted by molar-refractivity contribution is 7.92. The van der Waals surface area contributed by atoms with Gasteiger partial charge in [0.2, 0.25) is 15.9 Å². The number of anilines is 2. The van der Waals surface area contributed by atoms with E-state index in [-0.39, 0.29) is 18.3 Å². The number of halogens is 1. The molecular weight excluding hydrogens is 278 g/mol. The Labute approximate surface area is 112 Å². The molecule has 0 unspecified atom stereocenters. The number of benzene rings is 1. The van der Waals surface area contributed by atoms with Crippen molar-refractivity contribution in [2.45, 2.75) is 13.0 Å². The lowest BCUT2D eigenvalue weighted by atomic mass is 10.2. The van der Waals surface area contributed by atoms with Crippen LogP contribution in [0.4, 0.5) is 11.4 Å². The molecule has 102 valence electrons. The first-order valence-corrected chi connectivity index (χ1v) is 6.81. The van der Waals surface area contributed by atoms with Gasteiger partial charge in [0, 0.05) is 11.4 Å². The van der Waals surface area contributed by atoms with Crippen LogP contribution in [0.2, 0.25) is 0 Å². The van der Waals surface area contributed by atoms with Gasteiger partial charge in [-0.15, -0.1) is 12.4 Å². The fourth-order valence-electron chi connectivity index (χ4n) is 1.09. The lowest BCUT2D eigenvalue weighted by Crippen LogP contribution is -2.32. The molecule has 0 aliphatic heterocycles. The number of rotatable bonds is 4. The van der Waals surface area contributed by atoms with Crippen molar-refractivity contribution < 1.29 is 13.2 Å². The van der Waals surface area contributed by atoms with E-state index in [1.54, 1.807) is 31.2 Å². The van der Waals surface area contributed by atoms with E-state index in [0.29, 0.717) is 11.4 Å². The van der Waals surface area contributed by atoms with E-state index in [1.807, 2.05) is 0 Å². The van der Waals surface area contributed by atoms with Crippen molar-refractivity contribution in [3.63, 3.8) is 0 Å². The summed E-state index contributed by atoms with van der Waals surface area (Å²) in [6, 6.07) is 5.70. The quantitative estimate of drug-likeness (QED) is 0.763. The van der Waals surface area contributed by atoms with E-state index in [2.05, 4.69) is 10.0 Å². The predicted octanol–water partition coefficient (Wildman–Crippen LogP) is 0.766. The number of amides is 1. The summed E-state index contributed by atoms with van der Waals surface area (Å²) < 4.78 is 24.2. The van der Waals surface area contributed by atoms with Crippen LogP contribution in [0.15, 0.2) is 24.3 Å². The van der Waals surface area contributed by atoms with E-state index < -0.39 is 16.1 Å². The summed E-state index contributed by atoms with van der Waals surface area (Å²) in [5.74, 6) is -0.297. The van der Waals surface area contributed by atoms with Gasteiger partial charge in [-0.05, 0) is 31.2 Å². The Balaban J connectivity index is 0.00000289. The van der Waals surface area contributed by atoms with Gasteiger partial charge in [-0.3, -0.25) is 9.52 Å². The second-order valence-electron chi connectivity index (χ2n) is 3.73. The molecule has 0 heterocycles. The highest BCUT2D eigenvalue weighted by Gasteiger charge is 2.07. The second-order valence-corrected chi connectivity index (χ2v) is 5.48. The van der Waals surface area contributed by atoms with Crippen LogP contribution in [0.1, 0.15) is 6.92 Å². The van der Waals surface area contributed by atoms with Gasteiger partial charge in [0.15, 0.2) is 0 Å². The zero-order valence-electron chi connectivity index (χ0n) is 10.0. The van der Waals surface area contributed by atoms with Crippen molar-refractivity contribution in [3.05, 3.63) is 24.3 Å². The van der Waals surface area contributed by atoms with E-state index in [0.717, 1.165) is 6.26 Å². The standard InChI is InChI=1S/C10H15N3O3S.ClH/c1-7(11)10(14)12-8-3-5-9(6-4-8)13-17(2,15)16;/h3-7,13H,11H2,1-2H3,(H,12,14);1H/t7-;/m0./s1. The van der Waals surface area contributed by atoms with Crippen LogP contribution < -0.4 is 15.8 Å². The predicted molar refractivity (Wildman–Crippen MR) is 74.4 cm³/mol. The SMILES string of the molecule is C[C@H](N)C(=O)Nc1ccc(NS(C)(=O)=O)cc1.Cl. The molecule has 4 N–H and O–H groups in total. The van der Waals surface area contributed by atoms with Gasteiger partial charge in [-0.25, -0.2) is 8.42 Å². The van der Waals surface area contributed by atoms with Gasteiger partial charge in [-0.2, -0.15) is 0 Å². The van der Waals surface area contributed by atoms with Gasteiger partial charge in [0.25, 0.3) is 0 Å². The van der Waals surface area contributed by atoms with E-state index in [9.17, 15) is 13.2 Å². The van der Waals surface area contributed by atoms with Crippen molar-refractivity contribution in [3.8, 4) is 0 Å². The van der Waals surface area contributed by atoms with E-state index in [4.69, 9.17) is 5.73 Å². The summed E-state index contributed by atoms with van der Waals surface area (Å²) in [5.41, 5.74) is 6.39. The van der Waals surface area contributed by atoms with Crippen LogP contribution in [-0.4, -0.2) is 26.6 Å². The maximum absolute atomic E-state index is 11.3. The molecule has 0 fully saturated rings. The molecule has 0 aromatic heterocycles. The lowest BCUT2D eigenvalue weighted by molar-refractivity contribution is -0.117. The molecule has 6 nitrogen and oxygen atoms in total. The number of hydrogen-bond donors (Lipinski definition) is 3. The molecule has 1 aromatic rings. The van der Waals surface area contributed by atoms with Crippen molar-refractivity contribution in [2.75, 3.05) is 16.3 Å². The Hall–Kier alpha value is -1.31. The van der Waals surface area contributed by atoms with Gasteiger partial charge in [-0.1, -0.05) is 0 Å². The lowest BCUT2D eigenvalue weighted by Gasteiger charge is -2.08. The normalized spacial score (nSPS) is 12.2. The first kappa shape index (κ1) is 16.7. The average molecular weight is 294 g/mol. The number of nitrogens with one attached hydrogen (secondary N) is 2. The van der Waals surface area contributed by atoms with Crippen LogP contribution in [0.3, 0.4) is 0 Å². The molecule has 0 bridgehead atoms. The fraction of sp³-hybridized carbons (Fsp3) is 0.300. The minimum Gasteiger partial charge on any atom is -0.325 e. The van der Waals surface area contributed by atoms with Crippen molar-refractivity contribution in [1.82, 2.24) is 0 Å². The van der Waals surface area contributed by atoms with E-state index in [1.165, 1.54) is 0 Å². The average Bonchev–Trinajstić information content (AvgIpc) is 2.18. The zero-order chi connectivity index (χ0) is 13.1. The highest BCUT2D eigenvalue weighted by Crippen LogP contribution is 2.14. The molecule has 0 radical (unpaired) electrons. The molecule has 8 heteroatoms. The highest BCUT2D eigenvalue weighted by atomic mass is 35.5. The van der Waals surface area contributed by atoms with Crippen LogP contribution in [0, 0.1) is 0 Å². The second kappa shape index (κ2) is 6.58. The van der Waals surface area contributed by atoms with Crippen LogP contribution in [-0.2, 0) is 14.8 Å². The maximum Gasteiger partial charge on any atom is 0.240 e. The number of carbonyl (C=O) groups excluding carboxylic acids is 1. The third kappa shape index (κ3) is 5.85. The van der Waals surface area contributed by atoms with Crippen LogP contribution >= 0.6 is 12.4 Å². The van der Waals surface area contributed by atoms with Crippen molar-refractivity contribution >= 4 is 39.7 Å². The Morgan fingerprint density at radius 1 is 1.22 bits per heavy atom. The summed E-state index contributed by atoms with van der Waals surface area (Å²) >= 11 is 0. The molecule has 0 aliphatic carbocycles. The van der Waals surface area contributed by atoms with Gasteiger partial charge >= 0.3 is 0 Å². The summed E-state index contributed by atoms with van der Waals surface area (Å²) in [4.78, 5) is 11.3. The smallest absolute Gasteiger partial charge is 0.240 e. The summed E-state index contributed by atoms with van der Waals surface area (Å²) in [6.45, 7) is 1.58. The van der Waals surface area contributed by atoms with Crippen LogP contribution in [0.25, 0.3) is 0 Å². The molecule has 18 heavy (non-hydrogen) atoms. The largest absolute Gasteiger partial charge is 0.325 e. The molecule has 1 amide bonds. The number of sulfonamides is 1. The summed E-state index contributed by atoms with van der Waals surface area (Å²) in [6.07, 6.45) is 1.07. The fourth-order valence-corrected chi connectivity index (χ4v) is 1.66. The van der Waals surface area contributed by atoms with Crippen molar-refractivity contribution in [2.24, 2.45) is 5.73 Å². The first-order chi connectivity index (χ1) is 7.78. The Bertz CT molecular complexity index is 500. The maximum atomic E-state index is 11.3. The Morgan fingerprint density at radius 2 is 1.67 bits per heavy atom. The number of carbonyl (C=O) groups is 1. The Kier molecular flexibility index (Phi) is 6.10. The molecule has 0 spiro atoms. The molecular formula is C10H16ClN3O3S. The van der Waals surface area contributed by atoms with Gasteiger partial charge in [0.1, 0.15) is 0 Å². The number of nitrogens with two attached hydrogens (primary N) is 1. The van der Waals surface area contributed by atoms with E-state index >= 15 is 0 Å². The topological polar surface area (TPSA) is 101 Å². The van der Waals surface area contributed by atoms with Crippen molar-refractivity contribution in [1.29, 1.82) is 0 Å². The summed E-state index contributed by atoms with van der Waals surface area (Å²) in [7, 11) is -3.28. The third-order valence-electron chi connectivity index (χ3n) is 1.87. The first-order valence-electron chi connectivity index (χ1n) is 4.92. The van der Waals surface area contributed by atoms with Crippen LogP contribution in [0.5, 0.6) is 0 Å². The minimum atomic E-state index is -3.28. The Morgan fingerprint density at radius 3 is 2.06 bits per heavy atom. The van der Waals surface area contributed by atoms with Gasteiger partial charge in [0.05, 0.1) is 12.3 Å². The molecule has 0 saturated carbocycles. The third-order valence-corrected chi connectivity index (χ3v) is 2.48. The monoisotopic (exact) mass is 293 g/mol. The number of hydrogen-bond acceptors (Lipinski definition) is 4. The summed E-state index contributed by atoms with van der Waals surface area (Å²) in [5, 5.41) is 2.59.